The van der Waals surface area contributed by atoms with Gasteiger partial charge in [0, 0.05) is 31.0 Å². The van der Waals surface area contributed by atoms with Crippen LogP contribution in [0.25, 0.3) is 53.6 Å². The van der Waals surface area contributed by atoms with Gasteiger partial charge in [-0.1, -0.05) is 111 Å². The smallest absolute Gasteiger partial charge is 0.0355 e. The van der Waals surface area contributed by atoms with Crippen molar-refractivity contribution in [3.8, 4) is 33.4 Å². The van der Waals surface area contributed by atoms with E-state index in [2.05, 4.69) is 141 Å². The largest absolute Gasteiger partial charge is 0.135 e. The van der Waals surface area contributed by atoms with E-state index in [1.165, 1.54) is 87.8 Å². The van der Waals surface area contributed by atoms with Crippen molar-refractivity contribution in [2.75, 3.05) is 0 Å². The molecule has 0 N–H and O–H groups in total. The predicted octanol–water partition coefficient (Wildman–Crippen LogP) is 11.5. The topological polar surface area (TPSA) is 0 Å². The van der Waals surface area contributed by atoms with E-state index >= 15 is 0 Å². The summed E-state index contributed by atoms with van der Waals surface area (Å²) in [7, 11) is 0. The van der Waals surface area contributed by atoms with Crippen LogP contribution in [-0.4, -0.2) is 0 Å². The van der Waals surface area contributed by atoms with E-state index in [4.69, 9.17) is 0 Å². The maximum Gasteiger partial charge on any atom is 0.0355 e. The molecule has 0 amide bonds. The Morgan fingerprint density at radius 3 is 1.77 bits per heavy atom. The molecule has 1 aromatic heterocycles. The van der Waals surface area contributed by atoms with Crippen LogP contribution in [0.5, 0.6) is 0 Å². The molecule has 0 saturated heterocycles. The van der Waals surface area contributed by atoms with Crippen LogP contribution in [0.1, 0.15) is 54.0 Å². The lowest BCUT2D eigenvalue weighted by atomic mass is 9.81. The highest BCUT2D eigenvalue weighted by Crippen LogP contribution is 2.70. The fourth-order valence-corrected chi connectivity index (χ4v) is 9.76. The van der Waals surface area contributed by atoms with Gasteiger partial charge in [0.05, 0.1) is 0 Å². The average Bonchev–Trinajstić information content (AvgIpc) is 3.52. The van der Waals surface area contributed by atoms with Crippen molar-refractivity contribution in [1.29, 1.82) is 0 Å². The molecule has 43 heavy (non-hydrogen) atoms. The van der Waals surface area contributed by atoms with Crippen molar-refractivity contribution >= 4 is 31.5 Å². The minimum atomic E-state index is 0.00765. The molecule has 1 heteroatoms. The molecule has 1 spiro atoms. The molecule has 3 aliphatic rings. The Morgan fingerprint density at radius 2 is 1.05 bits per heavy atom. The number of hydrogen-bond donors (Lipinski definition) is 0. The summed E-state index contributed by atoms with van der Waals surface area (Å²) < 4.78 is 2.75. The van der Waals surface area contributed by atoms with Gasteiger partial charge in [0.2, 0.25) is 0 Å². The second-order valence-electron chi connectivity index (χ2n) is 13.3. The highest BCUT2D eigenvalue weighted by molar-refractivity contribution is 7.25. The van der Waals surface area contributed by atoms with Crippen molar-refractivity contribution < 1.29 is 0 Å². The molecule has 1 atom stereocenters. The fourth-order valence-electron chi connectivity index (χ4n) is 8.69. The first kappa shape index (κ1) is 24.0. The highest BCUT2D eigenvalue weighted by atomic mass is 32.1. The van der Waals surface area contributed by atoms with E-state index in [-0.39, 0.29) is 10.8 Å². The molecule has 0 bridgehead atoms. The van der Waals surface area contributed by atoms with Crippen molar-refractivity contribution in [3.63, 3.8) is 0 Å². The van der Waals surface area contributed by atoms with Crippen LogP contribution < -0.4 is 0 Å². The van der Waals surface area contributed by atoms with E-state index in [1.54, 1.807) is 0 Å². The van der Waals surface area contributed by atoms with Crippen LogP contribution in [0.2, 0.25) is 0 Å². The molecule has 1 saturated carbocycles. The van der Waals surface area contributed by atoms with Gasteiger partial charge in [-0.25, -0.2) is 0 Å². The van der Waals surface area contributed by atoms with Crippen LogP contribution in [0, 0.1) is 0 Å². The van der Waals surface area contributed by atoms with Gasteiger partial charge < -0.3 is 0 Å². The van der Waals surface area contributed by atoms with E-state index in [9.17, 15) is 0 Å². The molecule has 10 rings (SSSR count). The molecule has 1 fully saturated rings. The van der Waals surface area contributed by atoms with E-state index in [0.717, 1.165) is 0 Å². The van der Waals surface area contributed by atoms with Gasteiger partial charge in [-0.15, -0.1) is 11.3 Å². The Labute approximate surface area is 256 Å². The van der Waals surface area contributed by atoms with Crippen LogP contribution >= 0.6 is 11.3 Å². The fraction of sp³-hybridized carbons (Fsp3) is 0.143. The lowest BCUT2D eigenvalue weighted by Crippen LogP contribution is -2.14. The van der Waals surface area contributed by atoms with Gasteiger partial charge in [-0.2, -0.15) is 0 Å². The zero-order chi connectivity index (χ0) is 28.5. The van der Waals surface area contributed by atoms with Crippen LogP contribution in [0.4, 0.5) is 0 Å². The normalized spacial score (nSPS) is 18.0. The first-order valence-electron chi connectivity index (χ1n) is 15.4. The second-order valence-corrected chi connectivity index (χ2v) is 14.4. The Hall–Kier alpha value is -4.46. The SMILES string of the molecule is CC1(C)c2ccccc2-c2ccc(-c3ccc4sc5ccc(C6CC67c6ccccc6-c6ccccc67)cc5c4c3)cc21. The average molecular weight is 567 g/mol. The first-order chi connectivity index (χ1) is 21.0. The molecular formula is C42H30S. The summed E-state index contributed by atoms with van der Waals surface area (Å²) in [5.41, 5.74) is 15.7. The van der Waals surface area contributed by atoms with Gasteiger partial charge in [0.1, 0.15) is 0 Å². The number of fused-ring (bicyclic) bond motifs is 11. The third-order valence-electron chi connectivity index (χ3n) is 10.9. The monoisotopic (exact) mass is 566 g/mol. The standard InChI is InChI=1S/C42H30S/c1-41(2)34-12-6-3-9-28(34)31-18-15-26(23-37(31)41)25-16-19-39-32(21-25)33-22-27(17-20-40(33)43-39)38-24-42(38)35-13-7-4-10-29(35)30-11-5-8-14-36(30)42/h3-23,38H,24H2,1-2H3. The summed E-state index contributed by atoms with van der Waals surface area (Å²) >= 11 is 1.92. The van der Waals surface area contributed by atoms with Crippen molar-refractivity contribution in [1.82, 2.24) is 0 Å². The summed E-state index contributed by atoms with van der Waals surface area (Å²) in [6.07, 6.45) is 1.19. The van der Waals surface area contributed by atoms with Crippen LogP contribution in [0.15, 0.2) is 127 Å². The van der Waals surface area contributed by atoms with Crippen LogP contribution in [0.3, 0.4) is 0 Å². The minimum Gasteiger partial charge on any atom is -0.135 e. The summed E-state index contributed by atoms with van der Waals surface area (Å²) in [5.74, 6) is 0.514. The van der Waals surface area contributed by atoms with Crippen LogP contribution in [-0.2, 0) is 10.8 Å². The number of thiophene rings is 1. The predicted molar refractivity (Wildman–Crippen MR) is 182 cm³/mol. The van der Waals surface area contributed by atoms with Crippen molar-refractivity contribution in [2.45, 2.75) is 37.0 Å². The van der Waals surface area contributed by atoms with E-state index in [1.807, 2.05) is 11.3 Å². The lowest BCUT2D eigenvalue weighted by molar-refractivity contribution is 0.660. The van der Waals surface area contributed by atoms with Gasteiger partial charge in [-0.3, -0.25) is 0 Å². The molecule has 0 radical (unpaired) electrons. The summed E-state index contributed by atoms with van der Waals surface area (Å²) in [5, 5.41) is 2.78. The minimum absolute atomic E-state index is 0.00765. The van der Waals surface area contributed by atoms with E-state index < -0.39 is 0 Å². The van der Waals surface area contributed by atoms with Crippen molar-refractivity contribution in [2.24, 2.45) is 0 Å². The molecule has 1 unspecified atom stereocenters. The molecule has 0 aliphatic heterocycles. The highest BCUT2D eigenvalue weighted by Gasteiger charge is 2.61. The zero-order valence-electron chi connectivity index (χ0n) is 24.3. The van der Waals surface area contributed by atoms with Gasteiger partial charge in [0.25, 0.3) is 0 Å². The Kier molecular flexibility index (Phi) is 4.54. The molecule has 3 aliphatic carbocycles. The maximum atomic E-state index is 2.52. The second kappa shape index (κ2) is 8.13. The molecule has 204 valence electrons. The third-order valence-corrected chi connectivity index (χ3v) is 12.0. The summed E-state index contributed by atoms with van der Waals surface area (Å²) in [6, 6.07) is 48.6. The third kappa shape index (κ3) is 3.06. The molecule has 7 aromatic rings. The quantitative estimate of drug-likeness (QED) is 0.195. The summed E-state index contributed by atoms with van der Waals surface area (Å²) in [6.45, 7) is 4.73. The van der Waals surface area contributed by atoms with Gasteiger partial charge >= 0.3 is 0 Å². The maximum absolute atomic E-state index is 2.52. The Bertz CT molecular complexity index is 2270. The lowest BCUT2D eigenvalue weighted by Gasteiger charge is -2.22. The zero-order valence-corrected chi connectivity index (χ0v) is 25.1. The molecular weight excluding hydrogens is 537 g/mol. The van der Waals surface area contributed by atoms with Gasteiger partial charge in [-0.05, 0) is 104 Å². The Balaban J connectivity index is 1.08. The number of rotatable bonds is 2. The molecule has 6 aromatic carbocycles. The first-order valence-corrected chi connectivity index (χ1v) is 16.3. The van der Waals surface area contributed by atoms with Crippen molar-refractivity contribution in [3.05, 3.63) is 155 Å². The number of hydrogen-bond acceptors (Lipinski definition) is 1. The van der Waals surface area contributed by atoms with Gasteiger partial charge in [0.15, 0.2) is 0 Å². The molecule has 1 heterocycles. The molecule has 0 nitrogen and oxygen atoms in total. The summed E-state index contributed by atoms with van der Waals surface area (Å²) in [4.78, 5) is 0. The Morgan fingerprint density at radius 1 is 0.512 bits per heavy atom. The van der Waals surface area contributed by atoms with E-state index in [0.29, 0.717) is 5.92 Å². The number of benzene rings is 6.